The highest BCUT2D eigenvalue weighted by molar-refractivity contribution is 4.99. The standard InChI is InChI=1S/C7H15N5/c1-3-4-12-7(5-9-11-12)6(2)10-8/h5-6,10H,3-4,8H2,1-2H3. The van der Waals surface area contributed by atoms with Crippen molar-refractivity contribution in [3.8, 4) is 0 Å². The number of nitrogens with zero attached hydrogens (tertiary/aromatic N) is 3. The maximum Gasteiger partial charge on any atom is 0.0767 e. The minimum absolute atomic E-state index is 0.103. The van der Waals surface area contributed by atoms with E-state index in [9.17, 15) is 0 Å². The molecule has 0 saturated carbocycles. The smallest absolute Gasteiger partial charge is 0.0767 e. The summed E-state index contributed by atoms with van der Waals surface area (Å²) in [6, 6.07) is 0.103. The summed E-state index contributed by atoms with van der Waals surface area (Å²) in [5, 5.41) is 7.77. The zero-order valence-electron chi connectivity index (χ0n) is 7.49. The molecule has 0 aliphatic rings. The van der Waals surface area contributed by atoms with Gasteiger partial charge in [0.1, 0.15) is 0 Å². The van der Waals surface area contributed by atoms with Crippen LogP contribution in [-0.2, 0) is 6.54 Å². The van der Waals surface area contributed by atoms with Crippen molar-refractivity contribution in [1.29, 1.82) is 0 Å². The fraction of sp³-hybridized carbons (Fsp3) is 0.714. The number of nitrogens with one attached hydrogen (secondary N) is 1. The first-order chi connectivity index (χ1) is 5.79. The normalized spacial score (nSPS) is 13.2. The molecule has 5 heteroatoms. The highest BCUT2D eigenvalue weighted by Gasteiger charge is 2.09. The minimum atomic E-state index is 0.103. The number of nitrogens with two attached hydrogens (primary N) is 1. The third-order valence-electron chi connectivity index (χ3n) is 1.78. The van der Waals surface area contributed by atoms with Gasteiger partial charge in [0.05, 0.1) is 17.9 Å². The van der Waals surface area contributed by atoms with Crippen LogP contribution in [0.15, 0.2) is 6.20 Å². The van der Waals surface area contributed by atoms with E-state index in [-0.39, 0.29) is 6.04 Å². The second-order valence-electron chi connectivity index (χ2n) is 2.77. The lowest BCUT2D eigenvalue weighted by Crippen LogP contribution is -2.27. The van der Waals surface area contributed by atoms with Crippen LogP contribution >= 0.6 is 0 Å². The van der Waals surface area contributed by atoms with Gasteiger partial charge in [-0.3, -0.25) is 11.3 Å². The molecule has 0 aliphatic carbocycles. The van der Waals surface area contributed by atoms with Crippen molar-refractivity contribution in [2.75, 3.05) is 0 Å². The van der Waals surface area contributed by atoms with Gasteiger partial charge in [0.2, 0.25) is 0 Å². The fourth-order valence-corrected chi connectivity index (χ4v) is 1.07. The van der Waals surface area contributed by atoms with E-state index in [0.29, 0.717) is 0 Å². The summed E-state index contributed by atoms with van der Waals surface area (Å²) in [5.41, 5.74) is 3.69. The molecule has 1 rings (SSSR count). The van der Waals surface area contributed by atoms with Crippen LogP contribution in [-0.4, -0.2) is 15.0 Å². The van der Waals surface area contributed by atoms with Crippen molar-refractivity contribution in [3.05, 3.63) is 11.9 Å². The molecule has 0 amide bonds. The van der Waals surface area contributed by atoms with Gasteiger partial charge in [0, 0.05) is 6.54 Å². The van der Waals surface area contributed by atoms with Crippen LogP contribution in [0, 0.1) is 0 Å². The Hall–Kier alpha value is -0.940. The SMILES string of the molecule is CCCn1nncc1C(C)NN. The molecule has 0 bridgehead atoms. The van der Waals surface area contributed by atoms with E-state index in [1.54, 1.807) is 6.20 Å². The van der Waals surface area contributed by atoms with Crippen LogP contribution < -0.4 is 11.3 Å². The predicted octanol–water partition coefficient (Wildman–Crippen LogP) is 0.212. The van der Waals surface area contributed by atoms with Gasteiger partial charge < -0.3 is 0 Å². The molecule has 0 saturated heterocycles. The average Bonchev–Trinajstić information content (AvgIpc) is 2.52. The predicted molar refractivity (Wildman–Crippen MR) is 46.1 cm³/mol. The fourth-order valence-electron chi connectivity index (χ4n) is 1.07. The summed E-state index contributed by atoms with van der Waals surface area (Å²) in [6.45, 7) is 4.97. The maximum absolute atomic E-state index is 5.31. The largest absolute Gasteiger partial charge is 0.271 e. The summed E-state index contributed by atoms with van der Waals surface area (Å²) in [6.07, 6.45) is 2.79. The van der Waals surface area contributed by atoms with Gasteiger partial charge in [0.15, 0.2) is 0 Å². The Labute approximate surface area is 71.9 Å². The molecule has 0 aromatic carbocycles. The summed E-state index contributed by atoms with van der Waals surface area (Å²) < 4.78 is 1.87. The third kappa shape index (κ3) is 1.80. The zero-order valence-corrected chi connectivity index (χ0v) is 7.49. The number of hydrogen-bond donors (Lipinski definition) is 2. The van der Waals surface area contributed by atoms with Gasteiger partial charge in [-0.1, -0.05) is 12.1 Å². The summed E-state index contributed by atoms with van der Waals surface area (Å²) in [5.74, 6) is 5.31. The van der Waals surface area contributed by atoms with Crippen molar-refractivity contribution in [3.63, 3.8) is 0 Å². The number of hydrogen-bond acceptors (Lipinski definition) is 4. The van der Waals surface area contributed by atoms with Crippen LogP contribution in [0.3, 0.4) is 0 Å². The molecule has 1 aromatic rings. The van der Waals surface area contributed by atoms with E-state index < -0.39 is 0 Å². The topological polar surface area (TPSA) is 68.8 Å². The summed E-state index contributed by atoms with van der Waals surface area (Å²) >= 11 is 0. The maximum atomic E-state index is 5.31. The molecular formula is C7H15N5. The molecule has 0 aliphatic heterocycles. The Balaban J connectivity index is 2.76. The Morgan fingerprint density at radius 3 is 3.08 bits per heavy atom. The number of aromatic nitrogens is 3. The average molecular weight is 169 g/mol. The quantitative estimate of drug-likeness (QED) is 0.499. The number of aryl methyl sites for hydroxylation is 1. The Kier molecular flexibility index (Phi) is 3.19. The molecule has 1 heterocycles. The first-order valence-electron chi connectivity index (χ1n) is 4.14. The molecule has 1 atom stereocenters. The first kappa shape index (κ1) is 9.15. The van der Waals surface area contributed by atoms with Gasteiger partial charge in [0.25, 0.3) is 0 Å². The molecule has 68 valence electrons. The molecule has 3 N–H and O–H groups in total. The van der Waals surface area contributed by atoms with Crippen LogP contribution in [0.25, 0.3) is 0 Å². The third-order valence-corrected chi connectivity index (χ3v) is 1.78. The lowest BCUT2D eigenvalue weighted by atomic mass is 10.2. The van der Waals surface area contributed by atoms with Gasteiger partial charge in [-0.25, -0.2) is 4.68 Å². The molecule has 1 unspecified atom stereocenters. The second kappa shape index (κ2) is 4.18. The molecule has 0 spiro atoms. The van der Waals surface area contributed by atoms with Crippen molar-refractivity contribution >= 4 is 0 Å². The van der Waals surface area contributed by atoms with E-state index in [2.05, 4.69) is 22.7 Å². The van der Waals surface area contributed by atoms with Crippen molar-refractivity contribution in [1.82, 2.24) is 20.4 Å². The van der Waals surface area contributed by atoms with E-state index in [1.165, 1.54) is 0 Å². The monoisotopic (exact) mass is 169 g/mol. The molecule has 5 nitrogen and oxygen atoms in total. The molecule has 0 fully saturated rings. The van der Waals surface area contributed by atoms with Gasteiger partial charge in [-0.05, 0) is 13.3 Å². The molecule has 12 heavy (non-hydrogen) atoms. The van der Waals surface area contributed by atoms with Crippen molar-refractivity contribution < 1.29 is 0 Å². The van der Waals surface area contributed by atoms with Gasteiger partial charge in [-0.2, -0.15) is 0 Å². The first-order valence-corrected chi connectivity index (χ1v) is 4.14. The molecule has 0 radical (unpaired) electrons. The van der Waals surface area contributed by atoms with E-state index >= 15 is 0 Å². The van der Waals surface area contributed by atoms with Crippen LogP contribution in [0.5, 0.6) is 0 Å². The highest BCUT2D eigenvalue weighted by atomic mass is 15.4. The van der Waals surface area contributed by atoms with Crippen LogP contribution in [0.2, 0.25) is 0 Å². The van der Waals surface area contributed by atoms with E-state index in [4.69, 9.17) is 5.84 Å². The summed E-state index contributed by atoms with van der Waals surface area (Å²) in [7, 11) is 0. The summed E-state index contributed by atoms with van der Waals surface area (Å²) in [4.78, 5) is 0. The Bertz CT molecular complexity index is 231. The molecular weight excluding hydrogens is 154 g/mol. The van der Waals surface area contributed by atoms with Crippen LogP contribution in [0.1, 0.15) is 32.0 Å². The lowest BCUT2D eigenvalue weighted by molar-refractivity contribution is 0.497. The molecule has 1 aromatic heterocycles. The lowest BCUT2D eigenvalue weighted by Gasteiger charge is -2.10. The minimum Gasteiger partial charge on any atom is -0.271 e. The number of rotatable bonds is 4. The Morgan fingerprint density at radius 1 is 1.75 bits per heavy atom. The van der Waals surface area contributed by atoms with Gasteiger partial charge in [-0.15, -0.1) is 5.10 Å². The number of hydrazine groups is 1. The Morgan fingerprint density at radius 2 is 2.50 bits per heavy atom. The van der Waals surface area contributed by atoms with E-state index in [0.717, 1.165) is 18.7 Å². The van der Waals surface area contributed by atoms with E-state index in [1.807, 2.05) is 11.6 Å². The van der Waals surface area contributed by atoms with Crippen LogP contribution in [0.4, 0.5) is 0 Å². The van der Waals surface area contributed by atoms with Crippen molar-refractivity contribution in [2.45, 2.75) is 32.9 Å². The highest BCUT2D eigenvalue weighted by Crippen LogP contribution is 2.08. The zero-order chi connectivity index (χ0) is 8.97. The van der Waals surface area contributed by atoms with Gasteiger partial charge >= 0.3 is 0 Å². The second-order valence-corrected chi connectivity index (χ2v) is 2.77. The van der Waals surface area contributed by atoms with Crippen molar-refractivity contribution in [2.24, 2.45) is 5.84 Å².